The highest BCUT2D eigenvalue weighted by molar-refractivity contribution is 6.30. The normalized spacial score (nSPS) is 18.5. The number of carboxylic acid groups (broad SMARTS) is 1. The van der Waals surface area contributed by atoms with Gasteiger partial charge in [-0.1, -0.05) is 49.7 Å². The third kappa shape index (κ3) is 2.91. The van der Waals surface area contributed by atoms with Crippen molar-refractivity contribution in [2.45, 2.75) is 26.3 Å². The third-order valence-corrected chi connectivity index (χ3v) is 4.71. The number of rotatable bonds is 2. The van der Waals surface area contributed by atoms with Crippen LogP contribution in [0.25, 0.3) is 11.1 Å². The molecule has 0 aromatic heterocycles. The van der Waals surface area contributed by atoms with E-state index in [9.17, 15) is 9.18 Å². The summed E-state index contributed by atoms with van der Waals surface area (Å²) in [4.78, 5) is 11.0. The highest BCUT2D eigenvalue weighted by Crippen LogP contribution is 2.46. The number of amides is 1. The molecule has 1 unspecified atom stereocenters. The van der Waals surface area contributed by atoms with Crippen molar-refractivity contribution in [2.75, 3.05) is 0 Å². The highest BCUT2D eigenvalue weighted by atomic mass is 35.5. The van der Waals surface area contributed by atoms with E-state index >= 15 is 0 Å². The number of hydrogen-bond donors (Lipinski definition) is 2. The summed E-state index contributed by atoms with van der Waals surface area (Å²) in [6.07, 6.45) is -0.267. The Labute approximate surface area is 139 Å². The van der Waals surface area contributed by atoms with Gasteiger partial charge in [0.2, 0.25) is 0 Å². The molecule has 0 saturated heterocycles. The van der Waals surface area contributed by atoms with Gasteiger partial charge in [0.25, 0.3) is 0 Å². The second-order valence-corrected chi connectivity index (χ2v) is 7.00. The van der Waals surface area contributed by atoms with E-state index in [0.29, 0.717) is 0 Å². The van der Waals surface area contributed by atoms with Gasteiger partial charge in [-0.05, 0) is 46.2 Å². The molecule has 0 radical (unpaired) electrons. The average Bonchev–Trinajstić information content (AvgIpc) is 2.71. The summed E-state index contributed by atoms with van der Waals surface area (Å²) in [5.41, 5.74) is 3.51. The lowest BCUT2D eigenvalue weighted by Crippen LogP contribution is -2.34. The summed E-state index contributed by atoms with van der Waals surface area (Å²) in [6.45, 7) is 4.07. The SMILES string of the molecule is CC1(C)Cc2cc(-c3ccc(Cl)c(F)c3)ccc2C1NC(=O)O. The predicted molar refractivity (Wildman–Crippen MR) is 88.2 cm³/mol. The predicted octanol–water partition coefficient (Wildman–Crippen LogP) is 5.04. The molecule has 3 rings (SSSR count). The molecule has 2 N–H and O–H groups in total. The van der Waals surface area contributed by atoms with E-state index in [4.69, 9.17) is 16.7 Å². The van der Waals surface area contributed by atoms with E-state index in [1.165, 1.54) is 12.1 Å². The molecule has 120 valence electrons. The fourth-order valence-electron chi connectivity index (χ4n) is 3.31. The van der Waals surface area contributed by atoms with Crippen molar-refractivity contribution < 1.29 is 14.3 Å². The first-order chi connectivity index (χ1) is 10.8. The molecule has 0 heterocycles. The zero-order chi connectivity index (χ0) is 16.8. The van der Waals surface area contributed by atoms with E-state index in [-0.39, 0.29) is 16.5 Å². The third-order valence-electron chi connectivity index (χ3n) is 4.40. The lowest BCUT2D eigenvalue weighted by atomic mass is 9.85. The Morgan fingerprint density at radius 2 is 1.91 bits per heavy atom. The number of hydrogen-bond acceptors (Lipinski definition) is 1. The fraction of sp³-hybridized carbons (Fsp3) is 0.278. The molecule has 1 atom stereocenters. The van der Waals surface area contributed by atoms with Crippen LogP contribution < -0.4 is 5.32 Å². The maximum absolute atomic E-state index is 13.7. The molecule has 2 aromatic rings. The minimum absolute atomic E-state index is 0.0989. The Morgan fingerprint density at radius 3 is 2.57 bits per heavy atom. The second kappa shape index (κ2) is 5.53. The standard InChI is InChI=1S/C18H17ClFNO2/c1-18(2)9-12-7-10(11-4-6-14(19)15(20)8-11)3-5-13(12)16(18)21-17(22)23/h3-8,16,21H,9H2,1-2H3,(H,22,23). The largest absolute Gasteiger partial charge is 0.465 e. The number of fused-ring (bicyclic) bond motifs is 1. The number of nitrogens with one attached hydrogen (secondary N) is 1. The van der Waals surface area contributed by atoms with Crippen LogP contribution >= 0.6 is 11.6 Å². The van der Waals surface area contributed by atoms with Crippen LogP contribution in [0.5, 0.6) is 0 Å². The molecule has 0 saturated carbocycles. The van der Waals surface area contributed by atoms with E-state index in [2.05, 4.69) is 5.32 Å². The second-order valence-electron chi connectivity index (χ2n) is 6.59. The van der Waals surface area contributed by atoms with Crippen LogP contribution in [-0.4, -0.2) is 11.2 Å². The van der Waals surface area contributed by atoms with Gasteiger partial charge in [0.05, 0.1) is 11.1 Å². The average molecular weight is 334 g/mol. The summed E-state index contributed by atoms with van der Waals surface area (Å²) in [6, 6.07) is 10.3. The Morgan fingerprint density at radius 1 is 1.26 bits per heavy atom. The van der Waals surface area contributed by atoms with E-state index < -0.39 is 11.9 Å². The first-order valence-corrected chi connectivity index (χ1v) is 7.73. The van der Waals surface area contributed by atoms with Crippen molar-refractivity contribution in [3.8, 4) is 11.1 Å². The summed E-state index contributed by atoms with van der Waals surface area (Å²) >= 11 is 5.73. The van der Waals surface area contributed by atoms with Gasteiger partial charge in [-0.15, -0.1) is 0 Å². The molecule has 1 aliphatic carbocycles. The fourth-order valence-corrected chi connectivity index (χ4v) is 3.42. The van der Waals surface area contributed by atoms with E-state index in [1.54, 1.807) is 6.07 Å². The number of carbonyl (C=O) groups is 1. The molecule has 1 amide bonds. The lowest BCUT2D eigenvalue weighted by Gasteiger charge is -2.27. The maximum atomic E-state index is 13.7. The summed E-state index contributed by atoms with van der Waals surface area (Å²) in [5.74, 6) is -0.449. The molecule has 1 aliphatic rings. The van der Waals surface area contributed by atoms with Crippen molar-refractivity contribution in [3.05, 3.63) is 58.4 Å². The van der Waals surface area contributed by atoms with Crippen molar-refractivity contribution in [3.63, 3.8) is 0 Å². The van der Waals surface area contributed by atoms with Crippen molar-refractivity contribution in [1.29, 1.82) is 0 Å². The lowest BCUT2D eigenvalue weighted by molar-refractivity contribution is 0.175. The molecular weight excluding hydrogens is 317 g/mol. The van der Waals surface area contributed by atoms with Crippen molar-refractivity contribution >= 4 is 17.7 Å². The molecule has 0 fully saturated rings. The smallest absolute Gasteiger partial charge is 0.405 e. The Bertz CT molecular complexity index is 789. The van der Waals surface area contributed by atoms with E-state index in [0.717, 1.165) is 28.7 Å². The quantitative estimate of drug-likeness (QED) is 0.809. The van der Waals surface area contributed by atoms with Gasteiger partial charge in [0, 0.05) is 0 Å². The Balaban J connectivity index is 2.01. The molecule has 2 aromatic carbocycles. The van der Waals surface area contributed by atoms with Crippen LogP contribution in [0, 0.1) is 11.2 Å². The molecule has 3 nitrogen and oxygen atoms in total. The molecular formula is C18H17ClFNO2. The molecule has 0 spiro atoms. The summed E-state index contributed by atoms with van der Waals surface area (Å²) in [5, 5.41) is 11.8. The van der Waals surface area contributed by atoms with Crippen LogP contribution in [0.15, 0.2) is 36.4 Å². The highest BCUT2D eigenvalue weighted by Gasteiger charge is 2.39. The summed E-state index contributed by atoms with van der Waals surface area (Å²) < 4.78 is 13.7. The van der Waals surface area contributed by atoms with Gasteiger partial charge in [-0.25, -0.2) is 9.18 Å². The van der Waals surface area contributed by atoms with Crippen molar-refractivity contribution in [1.82, 2.24) is 5.32 Å². The van der Waals surface area contributed by atoms with Gasteiger partial charge < -0.3 is 10.4 Å². The van der Waals surface area contributed by atoms with Crippen LogP contribution in [0.3, 0.4) is 0 Å². The van der Waals surface area contributed by atoms with Gasteiger partial charge in [-0.2, -0.15) is 0 Å². The minimum Gasteiger partial charge on any atom is -0.465 e. The van der Waals surface area contributed by atoms with Gasteiger partial charge in [-0.3, -0.25) is 0 Å². The van der Waals surface area contributed by atoms with Gasteiger partial charge in [0.1, 0.15) is 5.82 Å². The summed E-state index contributed by atoms with van der Waals surface area (Å²) in [7, 11) is 0. The van der Waals surface area contributed by atoms with Gasteiger partial charge in [0.15, 0.2) is 0 Å². The van der Waals surface area contributed by atoms with E-state index in [1.807, 2.05) is 32.0 Å². The topological polar surface area (TPSA) is 49.3 Å². The Kier molecular flexibility index (Phi) is 3.80. The number of halogens is 2. The molecule has 0 bridgehead atoms. The zero-order valence-electron chi connectivity index (χ0n) is 12.9. The molecule has 0 aliphatic heterocycles. The van der Waals surface area contributed by atoms with Crippen LogP contribution in [0.1, 0.15) is 31.0 Å². The first kappa shape index (κ1) is 15.8. The van der Waals surface area contributed by atoms with Crippen molar-refractivity contribution in [2.24, 2.45) is 5.41 Å². The molecule has 5 heteroatoms. The van der Waals surface area contributed by atoms with Gasteiger partial charge >= 0.3 is 6.09 Å². The number of benzene rings is 2. The maximum Gasteiger partial charge on any atom is 0.405 e. The van der Waals surface area contributed by atoms with Crippen LogP contribution in [0.2, 0.25) is 5.02 Å². The zero-order valence-corrected chi connectivity index (χ0v) is 13.6. The monoisotopic (exact) mass is 333 g/mol. The molecule has 23 heavy (non-hydrogen) atoms. The first-order valence-electron chi connectivity index (χ1n) is 7.35. The minimum atomic E-state index is -1.03. The van der Waals surface area contributed by atoms with Crippen LogP contribution in [-0.2, 0) is 6.42 Å². The Hall–Kier alpha value is -2.07. The van der Waals surface area contributed by atoms with Crippen LogP contribution in [0.4, 0.5) is 9.18 Å².